The van der Waals surface area contributed by atoms with Crippen LogP contribution in [-0.4, -0.2) is 39.8 Å². The van der Waals surface area contributed by atoms with E-state index in [1.165, 1.54) is 12.1 Å². The number of hydrogen-bond acceptors (Lipinski definition) is 5. The van der Waals surface area contributed by atoms with Crippen LogP contribution in [-0.2, 0) is 14.6 Å². The number of hydrogen-bond donors (Lipinski definition) is 2. The smallest absolute Gasteiger partial charge is 0.222 e. The molecule has 3 N–H and O–H groups in total. The Morgan fingerprint density at radius 3 is 2.44 bits per heavy atom. The predicted molar refractivity (Wildman–Crippen MR) is 104 cm³/mol. The van der Waals surface area contributed by atoms with Gasteiger partial charge in [-0.1, -0.05) is 20.3 Å². The molecule has 1 amide bonds. The van der Waals surface area contributed by atoms with E-state index in [9.17, 15) is 17.6 Å². The summed E-state index contributed by atoms with van der Waals surface area (Å²) in [6.07, 6.45) is 2.40. The van der Waals surface area contributed by atoms with Crippen molar-refractivity contribution in [2.24, 2.45) is 11.7 Å². The summed E-state index contributed by atoms with van der Waals surface area (Å²) in [5.41, 5.74) is 5.66. The molecule has 1 rings (SSSR count). The normalized spacial score (nSPS) is 12.3. The summed E-state index contributed by atoms with van der Waals surface area (Å²) in [6.45, 7) is 4.29. The molecule has 0 saturated carbocycles. The highest BCUT2D eigenvalue weighted by molar-refractivity contribution is 7.91. The molecule has 0 heterocycles. The van der Waals surface area contributed by atoms with Gasteiger partial charge in [-0.3, -0.25) is 4.79 Å². The van der Waals surface area contributed by atoms with Gasteiger partial charge in [0.25, 0.3) is 0 Å². The quantitative estimate of drug-likeness (QED) is 0.526. The topological polar surface area (TPSA) is 98.5 Å². The van der Waals surface area contributed by atoms with Gasteiger partial charge in [0, 0.05) is 24.6 Å². The average Bonchev–Trinajstić information content (AvgIpc) is 2.65. The molecule has 0 bridgehead atoms. The molecular weight excluding hydrogens is 371 g/mol. The van der Waals surface area contributed by atoms with Crippen molar-refractivity contribution in [2.45, 2.75) is 38.0 Å². The zero-order valence-electron chi connectivity index (χ0n) is 15.9. The van der Waals surface area contributed by atoms with Gasteiger partial charge >= 0.3 is 0 Å². The van der Waals surface area contributed by atoms with E-state index in [4.69, 9.17) is 10.5 Å². The number of carbonyl (C=O) groups excluding carboxylic acids is 1. The number of ether oxygens (including phenoxy) is 1. The average molecular weight is 401 g/mol. The number of unbranched alkanes of at least 4 members (excludes halogenated alkanes) is 2. The van der Waals surface area contributed by atoms with Gasteiger partial charge < -0.3 is 15.8 Å². The number of carbonyl (C=O) groups is 1. The van der Waals surface area contributed by atoms with Crippen LogP contribution in [0.4, 0.5) is 4.39 Å². The third-order valence-corrected chi connectivity index (χ3v) is 5.75. The zero-order chi connectivity index (χ0) is 20.3. The van der Waals surface area contributed by atoms with Crippen LogP contribution in [0.25, 0.3) is 0 Å². The number of benzene rings is 1. The van der Waals surface area contributed by atoms with Gasteiger partial charge in [0.05, 0.1) is 17.0 Å². The Hall–Kier alpha value is -1.93. The number of amides is 1. The summed E-state index contributed by atoms with van der Waals surface area (Å²) in [5.74, 6) is 0.452. The summed E-state index contributed by atoms with van der Waals surface area (Å²) in [5, 5.41) is 2.81. The maximum Gasteiger partial charge on any atom is 0.222 e. The van der Waals surface area contributed by atoms with E-state index in [1.54, 1.807) is 12.1 Å². The van der Waals surface area contributed by atoms with Gasteiger partial charge in [-0.15, -0.1) is 0 Å². The maximum atomic E-state index is 12.4. The molecule has 0 aliphatic heterocycles. The van der Waals surface area contributed by atoms with Crippen molar-refractivity contribution in [3.8, 4) is 5.75 Å². The molecule has 1 aromatic rings. The van der Waals surface area contributed by atoms with Crippen molar-refractivity contribution < 1.29 is 22.3 Å². The van der Waals surface area contributed by atoms with E-state index in [0.717, 1.165) is 12.8 Å². The Labute approximate surface area is 160 Å². The van der Waals surface area contributed by atoms with E-state index >= 15 is 0 Å². The molecule has 0 fully saturated rings. The molecule has 0 saturated heterocycles. The highest BCUT2D eigenvalue weighted by atomic mass is 32.2. The van der Waals surface area contributed by atoms with E-state index in [-0.39, 0.29) is 35.6 Å². The number of nitrogens with one attached hydrogen (secondary N) is 1. The summed E-state index contributed by atoms with van der Waals surface area (Å²) >= 11 is 0. The van der Waals surface area contributed by atoms with Crippen LogP contribution in [0.1, 0.15) is 33.1 Å². The molecule has 0 aliphatic rings. The molecule has 6 nitrogen and oxygen atoms in total. The van der Waals surface area contributed by atoms with E-state index in [1.807, 2.05) is 13.8 Å². The number of sulfone groups is 1. The minimum absolute atomic E-state index is 0.00511. The second-order valence-electron chi connectivity index (χ2n) is 6.56. The van der Waals surface area contributed by atoms with Crippen molar-refractivity contribution >= 4 is 15.7 Å². The molecule has 1 aromatic carbocycles. The fraction of sp³-hybridized carbons (Fsp3) is 0.526. The van der Waals surface area contributed by atoms with Crippen LogP contribution in [0.3, 0.4) is 0 Å². The monoisotopic (exact) mass is 400 g/mol. The number of nitrogens with two attached hydrogens (primary N) is 1. The standard InChI is InChI=1S/C19H29FN2O4S/c1-15(2)19(23)22-10-4-3-5-11-27(24,25)18-8-6-17(7-9-18)26-14-16(12-20)13-21/h6-9,12,15H,3-5,10-11,13-14,21H2,1-2H3,(H,22,23)/b16-12+. The van der Waals surface area contributed by atoms with E-state index in [0.29, 0.717) is 30.6 Å². The van der Waals surface area contributed by atoms with Crippen LogP contribution in [0.5, 0.6) is 5.75 Å². The largest absolute Gasteiger partial charge is 0.489 e. The van der Waals surface area contributed by atoms with Crippen molar-refractivity contribution in [3.05, 3.63) is 36.2 Å². The molecule has 27 heavy (non-hydrogen) atoms. The van der Waals surface area contributed by atoms with Crippen LogP contribution in [0.2, 0.25) is 0 Å². The molecule has 0 aliphatic carbocycles. The summed E-state index contributed by atoms with van der Waals surface area (Å²) in [6, 6.07) is 6.05. The van der Waals surface area contributed by atoms with Crippen molar-refractivity contribution in [1.29, 1.82) is 0 Å². The lowest BCUT2D eigenvalue weighted by atomic mass is 10.2. The lowest BCUT2D eigenvalue weighted by Crippen LogP contribution is -2.28. The fourth-order valence-corrected chi connectivity index (χ4v) is 3.55. The van der Waals surface area contributed by atoms with Gasteiger partial charge in [0.2, 0.25) is 5.91 Å². The maximum absolute atomic E-state index is 12.4. The third kappa shape index (κ3) is 8.53. The van der Waals surface area contributed by atoms with Crippen LogP contribution in [0, 0.1) is 5.92 Å². The SMILES string of the molecule is CC(C)C(=O)NCCCCCS(=O)(=O)c1ccc(OC/C(=C/F)CN)cc1. The number of halogens is 1. The fourth-order valence-electron chi connectivity index (χ4n) is 2.18. The Bertz CT molecular complexity index is 716. The van der Waals surface area contributed by atoms with Crippen LogP contribution >= 0.6 is 0 Å². The van der Waals surface area contributed by atoms with Gasteiger partial charge in [-0.2, -0.15) is 0 Å². The summed E-state index contributed by atoms with van der Waals surface area (Å²) in [4.78, 5) is 11.6. The highest BCUT2D eigenvalue weighted by Crippen LogP contribution is 2.18. The molecule has 0 atom stereocenters. The lowest BCUT2D eigenvalue weighted by molar-refractivity contribution is -0.123. The molecule has 0 spiro atoms. The van der Waals surface area contributed by atoms with Crippen molar-refractivity contribution in [3.63, 3.8) is 0 Å². The minimum atomic E-state index is -3.37. The lowest BCUT2D eigenvalue weighted by Gasteiger charge is -2.09. The first-order valence-electron chi connectivity index (χ1n) is 9.01. The minimum Gasteiger partial charge on any atom is -0.489 e. The number of rotatable bonds is 12. The van der Waals surface area contributed by atoms with E-state index in [2.05, 4.69) is 5.32 Å². The van der Waals surface area contributed by atoms with E-state index < -0.39 is 9.84 Å². The van der Waals surface area contributed by atoms with Crippen molar-refractivity contribution in [1.82, 2.24) is 5.32 Å². The van der Waals surface area contributed by atoms with Gasteiger partial charge in [-0.25, -0.2) is 12.8 Å². The molecule has 0 unspecified atom stereocenters. The van der Waals surface area contributed by atoms with Crippen molar-refractivity contribution in [2.75, 3.05) is 25.4 Å². The van der Waals surface area contributed by atoms with Gasteiger partial charge in [-0.05, 0) is 37.1 Å². The zero-order valence-corrected chi connectivity index (χ0v) is 16.7. The first kappa shape index (κ1) is 23.1. The Morgan fingerprint density at radius 1 is 1.22 bits per heavy atom. The molecule has 0 radical (unpaired) electrons. The summed E-state index contributed by atoms with van der Waals surface area (Å²) in [7, 11) is -3.37. The molecular formula is C19H29FN2O4S. The first-order valence-corrected chi connectivity index (χ1v) is 10.7. The highest BCUT2D eigenvalue weighted by Gasteiger charge is 2.14. The van der Waals surface area contributed by atoms with Crippen LogP contribution in [0.15, 0.2) is 41.1 Å². The van der Waals surface area contributed by atoms with Gasteiger partial charge in [0.15, 0.2) is 9.84 Å². The van der Waals surface area contributed by atoms with Crippen LogP contribution < -0.4 is 15.8 Å². The second kappa shape index (κ2) is 11.7. The first-order chi connectivity index (χ1) is 12.8. The summed E-state index contributed by atoms with van der Waals surface area (Å²) < 4.78 is 42.5. The third-order valence-electron chi connectivity index (χ3n) is 3.94. The Morgan fingerprint density at radius 2 is 1.89 bits per heavy atom. The predicted octanol–water partition coefficient (Wildman–Crippen LogP) is 2.59. The Kier molecular flexibility index (Phi) is 10.0. The molecule has 8 heteroatoms. The second-order valence-corrected chi connectivity index (χ2v) is 8.67. The molecule has 0 aromatic heterocycles. The van der Waals surface area contributed by atoms with Gasteiger partial charge in [0.1, 0.15) is 12.4 Å². The molecule has 152 valence electrons. The Balaban J connectivity index is 2.41.